The molecule has 1 aliphatic rings. The number of rotatable bonds is 7. The number of halogens is 1. The van der Waals surface area contributed by atoms with E-state index in [9.17, 15) is 14.0 Å². The van der Waals surface area contributed by atoms with Crippen molar-refractivity contribution in [1.29, 1.82) is 0 Å². The van der Waals surface area contributed by atoms with Gasteiger partial charge >= 0.3 is 0 Å². The molecule has 2 unspecified atom stereocenters. The van der Waals surface area contributed by atoms with Crippen LogP contribution in [-0.2, 0) is 11.3 Å². The highest BCUT2D eigenvalue weighted by Crippen LogP contribution is 2.23. The molecule has 36 heavy (non-hydrogen) atoms. The van der Waals surface area contributed by atoms with Crippen molar-refractivity contribution >= 4 is 46.6 Å². The molecule has 1 aliphatic heterocycles. The smallest absolute Gasteiger partial charge is 0.252 e. The van der Waals surface area contributed by atoms with E-state index in [0.29, 0.717) is 40.7 Å². The maximum Gasteiger partial charge on any atom is 0.252 e. The molecule has 0 aliphatic carbocycles. The Morgan fingerprint density at radius 2 is 1.94 bits per heavy atom. The van der Waals surface area contributed by atoms with Gasteiger partial charge in [0.15, 0.2) is 0 Å². The fourth-order valence-electron chi connectivity index (χ4n) is 3.90. The molecule has 3 aromatic rings. The number of benzene rings is 2. The summed E-state index contributed by atoms with van der Waals surface area (Å²) in [4.78, 5) is 29.2. The topological polar surface area (TPSA) is 83.1 Å². The molecular formula is C27H27FN4O2P2. The van der Waals surface area contributed by atoms with Crippen LogP contribution in [0.25, 0.3) is 17.0 Å². The monoisotopic (exact) mass is 520 g/mol. The molecule has 3 N–H and O–H groups in total. The lowest BCUT2D eigenvalue weighted by Gasteiger charge is -2.21. The van der Waals surface area contributed by atoms with Crippen LogP contribution in [0.15, 0.2) is 72.6 Å². The lowest BCUT2D eigenvalue weighted by molar-refractivity contribution is -0.117. The molecule has 0 spiro atoms. The normalized spacial score (nSPS) is 13.3. The molecule has 2 heterocycles. The summed E-state index contributed by atoms with van der Waals surface area (Å²) in [5, 5.41) is 10.5. The van der Waals surface area contributed by atoms with Crippen LogP contribution < -0.4 is 26.6 Å². The Labute approximate surface area is 214 Å². The van der Waals surface area contributed by atoms with Gasteiger partial charge in [0.2, 0.25) is 5.91 Å². The second-order valence-corrected chi connectivity index (χ2v) is 9.73. The Kier molecular flexibility index (Phi) is 7.93. The standard InChI is InChI=1S/C27H27FN4O2P2/c1-15-22(8-9-29-26(15)33)32-16(2)21-12-23(30-14-25(21)36)18-6-7-20(24(35)11-18)27(34)31-13-17-4-3-5-19(28)10-17/h3-7,10-12,14,32H,2,8-9,13,35-36H2,1H3,(H,29,33)(H,31,34). The summed E-state index contributed by atoms with van der Waals surface area (Å²) in [6.07, 6.45) is 2.46. The van der Waals surface area contributed by atoms with Gasteiger partial charge in [-0.05, 0) is 53.4 Å². The first-order valence-electron chi connectivity index (χ1n) is 11.3. The number of aromatic nitrogens is 1. The fraction of sp³-hybridized carbons (Fsp3) is 0.148. The minimum Gasteiger partial charge on any atom is -0.358 e. The van der Waals surface area contributed by atoms with Gasteiger partial charge < -0.3 is 16.0 Å². The first-order chi connectivity index (χ1) is 17.2. The molecule has 0 bridgehead atoms. The number of nitrogens with zero attached hydrogens (tertiary/aromatic N) is 1. The van der Waals surface area contributed by atoms with Gasteiger partial charge in [0.05, 0.1) is 5.69 Å². The molecule has 2 aromatic carbocycles. The molecular weight excluding hydrogens is 493 g/mol. The van der Waals surface area contributed by atoms with Crippen molar-refractivity contribution in [2.45, 2.75) is 19.9 Å². The van der Waals surface area contributed by atoms with E-state index in [-0.39, 0.29) is 24.2 Å². The van der Waals surface area contributed by atoms with Crippen LogP contribution in [0.1, 0.15) is 34.8 Å². The summed E-state index contributed by atoms with van der Waals surface area (Å²) < 4.78 is 13.4. The average molecular weight is 520 g/mol. The molecule has 9 heteroatoms. The predicted octanol–water partition coefficient (Wildman–Crippen LogP) is 3.17. The van der Waals surface area contributed by atoms with Gasteiger partial charge in [-0.1, -0.05) is 24.8 Å². The van der Waals surface area contributed by atoms with Crippen molar-refractivity contribution in [1.82, 2.24) is 20.9 Å². The summed E-state index contributed by atoms with van der Waals surface area (Å²) in [5.74, 6) is -0.663. The van der Waals surface area contributed by atoms with Crippen LogP contribution in [0, 0.1) is 5.82 Å². The Hall–Kier alpha value is -3.40. The first kappa shape index (κ1) is 25.7. The average Bonchev–Trinajstić information content (AvgIpc) is 2.85. The number of hydrogen-bond acceptors (Lipinski definition) is 4. The highest BCUT2D eigenvalue weighted by Gasteiger charge is 2.18. The first-order valence-corrected chi connectivity index (χ1v) is 12.5. The van der Waals surface area contributed by atoms with Crippen LogP contribution in [0.5, 0.6) is 0 Å². The number of pyridine rings is 1. The number of amides is 2. The zero-order valence-electron chi connectivity index (χ0n) is 19.8. The minimum atomic E-state index is -0.338. The quantitative estimate of drug-likeness (QED) is 0.418. The molecule has 2 amide bonds. The lowest BCUT2D eigenvalue weighted by atomic mass is 10.0. The predicted molar refractivity (Wildman–Crippen MR) is 148 cm³/mol. The van der Waals surface area contributed by atoms with Gasteiger partial charge in [-0.3, -0.25) is 14.6 Å². The van der Waals surface area contributed by atoms with Gasteiger partial charge in [-0.2, -0.15) is 0 Å². The van der Waals surface area contributed by atoms with E-state index >= 15 is 0 Å². The Morgan fingerprint density at radius 1 is 1.14 bits per heavy atom. The van der Waals surface area contributed by atoms with Crippen LogP contribution in [0.2, 0.25) is 0 Å². The second-order valence-electron chi connectivity index (χ2n) is 8.48. The third-order valence-corrected chi connectivity index (χ3v) is 6.89. The largest absolute Gasteiger partial charge is 0.358 e. The van der Waals surface area contributed by atoms with E-state index in [1.165, 1.54) is 12.1 Å². The van der Waals surface area contributed by atoms with E-state index in [2.05, 4.69) is 46.0 Å². The molecule has 2 atom stereocenters. The Morgan fingerprint density at radius 3 is 2.69 bits per heavy atom. The molecule has 6 nitrogen and oxygen atoms in total. The highest BCUT2D eigenvalue weighted by molar-refractivity contribution is 7.28. The SMILES string of the molecule is C=C(NC1=C(C)C(=O)NCC1)c1cc(-c2ccc(C(=O)NCc3cccc(F)c3)c(P)c2)ncc1P. The van der Waals surface area contributed by atoms with Gasteiger partial charge in [0.1, 0.15) is 5.82 Å². The van der Waals surface area contributed by atoms with Crippen molar-refractivity contribution in [3.05, 3.63) is 95.1 Å². The molecule has 4 rings (SSSR count). The van der Waals surface area contributed by atoms with Crippen LogP contribution in [0.4, 0.5) is 4.39 Å². The lowest BCUT2D eigenvalue weighted by Crippen LogP contribution is -2.34. The van der Waals surface area contributed by atoms with Crippen molar-refractivity contribution < 1.29 is 14.0 Å². The van der Waals surface area contributed by atoms with Crippen molar-refractivity contribution in [2.75, 3.05) is 6.54 Å². The number of carbonyl (C=O) groups is 2. The van der Waals surface area contributed by atoms with Crippen molar-refractivity contribution in [3.63, 3.8) is 0 Å². The second kappa shape index (κ2) is 11.1. The van der Waals surface area contributed by atoms with E-state index in [1.807, 2.05) is 18.2 Å². The molecule has 0 radical (unpaired) electrons. The summed E-state index contributed by atoms with van der Waals surface area (Å²) in [6, 6.07) is 13.5. The Bertz CT molecular complexity index is 1400. The van der Waals surface area contributed by atoms with Crippen LogP contribution in [-0.4, -0.2) is 23.3 Å². The number of hydrogen-bond donors (Lipinski definition) is 3. The number of carbonyl (C=O) groups excluding carboxylic acids is 2. The van der Waals surface area contributed by atoms with E-state index < -0.39 is 0 Å². The zero-order valence-corrected chi connectivity index (χ0v) is 22.1. The van der Waals surface area contributed by atoms with Gasteiger partial charge in [-0.15, -0.1) is 18.5 Å². The van der Waals surface area contributed by atoms with Gasteiger partial charge in [-0.25, -0.2) is 4.39 Å². The molecule has 1 aromatic heterocycles. The van der Waals surface area contributed by atoms with Crippen LogP contribution >= 0.6 is 18.5 Å². The maximum absolute atomic E-state index is 13.4. The number of nitrogens with one attached hydrogen (secondary N) is 3. The fourth-order valence-corrected chi connectivity index (χ4v) is 4.64. The summed E-state index contributed by atoms with van der Waals surface area (Å²) in [5.41, 5.74) is 5.80. The van der Waals surface area contributed by atoms with Gasteiger partial charge in [0, 0.05) is 59.4 Å². The molecule has 0 saturated carbocycles. The molecule has 0 saturated heterocycles. The van der Waals surface area contributed by atoms with Crippen LogP contribution in [0.3, 0.4) is 0 Å². The van der Waals surface area contributed by atoms with Crippen molar-refractivity contribution in [2.24, 2.45) is 0 Å². The van der Waals surface area contributed by atoms with E-state index in [4.69, 9.17) is 0 Å². The third kappa shape index (κ3) is 5.87. The Balaban J connectivity index is 1.51. The molecule has 184 valence electrons. The minimum absolute atomic E-state index is 0.0777. The van der Waals surface area contributed by atoms with Gasteiger partial charge in [0.25, 0.3) is 5.91 Å². The third-order valence-electron chi connectivity index (χ3n) is 5.95. The summed E-state index contributed by atoms with van der Waals surface area (Å²) in [7, 11) is 5.26. The van der Waals surface area contributed by atoms with E-state index in [0.717, 1.165) is 27.8 Å². The maximum atomic E-state index is 13.4. The van der Waals surface area contributed by atoms with E-state index in [1.54, 1.807) is 31.3 Å². The highest BCUT2D eigenvalue weighted by atomic mass is 31.0. The van der Waals surface area contributed by atoms with Crippen molar-refractivity contribution in [3.8, 4) is 11.3 Å². The summed E-state index contributed by atoms with van der Waals surface area (Å²) >= 11 is 0. The summed E-state index contributed by atoms with van der Waals surface area (Å²) in [6.45, 7) is 6.79. The molecule has 0 fully saturated rings. The zero-order chi connectivity index (χ0) is 25.8.